The Hall–Kier alpha value is -3.92. The Morgan fingerprint density at radius 2 is 1.67 bits per heavy atom. The Balaban J connectivity index is 1.06. The number of carbonyl (C=O) groups is 1. The van der Waals surface area contributed by atoms with Gasteiger partial charge < -0.3 is 20.3 Å². The van der Waals surface area contributed by atoms with Crippen molar-refractivity contribution in [3.05, 3.63) is 106 Å². The molecule has 2 heterocycles. The number of halogens is 2. The summed E-state index contributed by atoms with van der Waals surface area (Å²) in [6, 6.07) is 24.9. The molecule has 0 amide bonds. The van der Waals surface area contributed by atoms with Gasteiger partial charge in [0.15, 0.2) is 0 Å². The van der Waals surface area contributed by atoms with E-state index in [-0.39, 0.29) is 12.0 Å². The molecule has 1 atom stereocenters. The zero-order chi connectivity index (χ0) is 35.5. The summed E-state index contributed by atoms with van der Waals surface area (Å²) < 4.78 is 7.75. The molecule has 2 aliphatic rings. The highest BCUT2D eigenvalue weighted by Crippen LogP contribution is 2.40. The number of rotatable bonds is 12. The number of ether oxygens (including phenoxy) is 1. The number of benzene rings is 4. The number of carboxylic acid groups (broad SMARTS) is 1. The van der Waals surface area contributed by atoms with Crippen LogP contribution in [0.1, 0.15) is 48.8 Å². The lowest BCUT2D eigenvalue weighted by Gasteiger charge is -2.26. The first kappa shape index (κ1) is 35.5. The van der Waals surface area contributed by atoms with Crippen molar-refractivity contribution in [2.75, 3.05) is 26.7 Å². The van der Waals surface area contributed by atoms with E-state index < -0.39 is 5.97 Å². The molecule has 8 nitrogen and oxygen atoms in total. The maximum absolute atomic E-state index is 11.3. The minimum absolute atomic E-state index is 0.202. The molecule has 0 radical (unpaired) electrons. The van der Waals surface area contributed by atoms with Crippen molar-refractivity contribution < 1.29 is 19.7 Å². The predicted octanol–water partition coefficient (Wildman–Crippen LogP) is 8.28. The number of aliphatic hydroxyl groups is 1. The summed E-state index contributed by atoms with van der Waals surface area (Å²) in [5.74, 6) is 0.366. The Bertz CT molecular complexity index is 2010. The smallest absolute Gasteiger partial charge is 0.306 e. The van der Waals surface area contributed by atoms with E-state index in [9.17, 15) is 15.0 Å². The van der Waals surface area contributed by atoms with Crippen LogP contribution in [0, 0.1) is 11.8 Å². The van der Waals surface area contributed by atoms with E-state index in [0.717, 1.165) is 108 Å². The minimum atomic E-state index is -0.673. The summed E-state index contributed by atoms with van der Waals surface area (Å²) in [4.78, 5) is 13.6. The average Bonchev–Trinajstić information content (AvgIpc) is 3.75. The SMILES string of the molecule is COc1cc(Cn2ncc3c(-c4cccc(-c5ccc(CN6CC[C@@H](O)C6)cc5)c4Cl)cccc32)c(Cl)cc1CNC[C@H]1CC[C@H](C(=O)O)CC1. The number of methoxy groups -OCH3 is 1. The monoisotopic (exact) mass is 726 g/mol. The molecule has 1 saturated carbocycles. The first-order valence-corrected chi connectivity index (χ1v) is 18.5. The molecule has 4 aromatic carbocycles. The number of aliphatic carboxylic acids is 1. The van der Waals surface area contributed by atoms with Crippen LogP contribution in [-0.2, 0) is 24.4 Å². The van der Waals surface area contributed by atoms with Gasteiger partial charge in [-0.05, 0) is 85.0 Å². The molecule has 0 unspecified atom stereocenters. The van der Waals surface area contributed by atoms with Crippen LogP contribution in [0.25, 0.3) is 33.2 Å². The van der Waals surface area contributed by atoms with Gasteiger partial charge in [0.25, 0.3) is 0 Å². The maximum Gasteiger partial charge on any atom is 0.306 e. The van der Waals surface area contributed by atoms with Crippen LogP contribution in [0.5, 0.6) is 5.75 Å². The van der Waals surface area contributed by atoms with Crippen LogP contribution in [0.2, 0.25) is 10.0 Å². The van der Waals surface area contributed by atoms with E-state index in [1.807, 2.05) is 35.1 Å². The lowest BCUT2D eigenvalue weighted by molar-refractivity contribution is -0.143. The van der Waals surface area contributed by atoms with Gasteiger partial charge in [-0.2, -0.15) is 5.10 Å². The van der Waals surface area contributed by atoms with Gasteiger partial charge in [0.1, 0.15) is 5.75 Å². The van der Waals surface area contributed by atoms with Crippen molar-refractivity contribution in [1.82, 2.24) is 20.0 Å². The van der Waals surface area contributed by atoms with Crippen molar-refractivity contribution in [3.8, 4) is 28.0 Å². The van der Waals surface area contributed by atoms with Gasteiger partial charge in [-0.1, -0.05) is 77.8 Å². The Labute approximate surface area is 308 Å². The Morgan fingerprint density at radius 3 is 2.39 bits per heavy atom. The number of aromatic nitrogens is 2. The highest BCUT2D eigenvalue weighted by Gasteiger charge is 2.26. The van der Waals surface area contributed by atoms with Crippen LogP contribution in [-0.4, -0.2) is 63.7 Å². The second-order valence-electron chi connectivity index (χ2n) is 14.0. The number of nitrogens with one attached hydrogen (secondary N) is 1. The average molecular weight is 728 g/mol. The standard InChI is InChI=1S/C41H44Cl2N4O4/c1-51-39-19-31(37(42)18-30(39)21-44-20-26-8-14-29(15-9-26)41(49)50)24-47-38-7-3-5-34(36(38)22-45-47)35-6-2-4-33(40(35)43)28-12-10-27(11-13-28)23-46-17-16-32(48)25-46/h2-7,10-13,18-19,22,26,29,32,44,48H,8-9,14-17,20-21,23-25H2,1H3,(H,49,50)/t26-,29-,32-/m1/s1. The van der Waals surface area contributed by atoms with E-state index in [2.05, 4.69) is 58.7 Å². The molecule has 266 valence electrons. The Morgan fingerprint density at radius 1 is 0.922 bits per heavy atom. The third-order valence-corrected chi connectivity index (χ3v) is 11.4. The third-order valence-electron chi connectivity index (χ3n) is 10.6. The first-order valence-electron chi connectivity index (χ1n) is 17.8. The van der Waals surface area contributed by atoms with E-state index >= 15 is 0 Å². The quantitative estimate of drug-likeness (QED) is 0.119. The van der Waals surface area contributed by atoms with E-state index in [0.29, 0.717) is 29.1 Å². The summed E-state index contributed by atoms with van der Waals surface area (Å²) in [5.41, 5.74) is 8.06. The number of β-amino-alcohol motifs (C(OH)–C–C–N with tert-alkyl or cyclic N) is 1. The lowest BCUT2D eigenvalue weighted by Crippen LogP contribution is -2.28. The second kappa shape index (κ2) is 15.8. The van der Waals surface area contributed by atoms with Gasteiger partial charge >= 0.3 is 5.97 Å². The molecule has 1 aromatic heterocycles. The predicted molar refractivity (Wildman–Crippen MR) is 203 cm³/mol. The third kappa shape index (κ3) is 7.96. The van der Waals surface area contributed by atoms with Gasteiger partial charge in [-0.25, -0.2) is 0 Å². The van der Waals surface area contributed by atoms with Gasteiger partial charge in [0.05, 0.1) is 42.4 Å². The molecule has 1 aliphatic heterocycles. The van der Waals surface area contributed by atoms with Crippen LogP contribution in [0.4, 0.5) is 0 Å². The molecule has 51 heavy (non-hydrogen) atoms. The molecule has 1 aliphatic carbocycles. The van der Waals surface area contributed by atoms with Crippen molar-refractivity contribution in [1.29, 1.82) is 0 Å². The highest BCUT2D eigenvalue weighted by atomic mass is 35.5. The van der Waals surface area contributed by atoms with E-state index in [1.54, 1.807) is 7.11 Å². The fourth-order valence-corrected chi connectivity index (χ4v) is 8.29. The summed E-state index contributed by atoms with van der Waals surface area (Å²) in [6.07, 6.45) is 5.86. The normalized spacial score (nSPS) is 19.5. The second-order valence-corrected chi connectivity index (χ2v) is 14.8. The van der Waals surface area contributed by atoms with Crippen molar-refractivity contribution in [2.24, 2.45) is 11.8 Å². The fraction of sp³-hybridized carbons (Fsp3) is 0.366. The number of likely N-dealkylation sites (tertiary alicyclic amines) is 1. The number of aliphatic hydroxyl groups excluding tert-OH is 1. The zero-order valence-electron chi connectivity index (χ0n) is 28.8. The molecule has 5 aromatic rings. The van der Waals surface area contributed by atoms with Crippen LogP contribution in [0.15, 0.2) is 79.0 Å². The molecule has 2 fully saturated rings. The largest absolute Gasteiger partial charge is 0.496 e. The molecule has 1 saturated heterocycles. The van der Waals surface area contributed by atoms with Crippen molar-refractivity contribution >= 4 is 40.1 Å². The van der Waals surface area contributed by atoms with E-state index in [4.69, 9.17) is 33.0 Å². The molecule has 7 rings (SSSR count). The summed E-state index contributed by atoms with van der Waals surface area (Å²) in [7, 11) is 1.67. The van der Waals surface area contributed by atoms with E-state index in [1.165, 1.54) is 5.56 Å². The topological polar surface area (TPSA) is 99.9 Å². The molecule has 0 spiro atoms. The number of carboxylic acids is 1. The molecule has 10 heteroatoms. The first-order chi connectivity index (χ1) is 24.8. The molecular formula is C41H44Cl2N4O4. The van der Waals surface area contributed by atoms with Crippen LogP contribution >= 0.6 is 23.2 Å². The molecule has 0 bridgehead atoms. The van der Waals surface area contributed by atoms with Gasteiger partial charge in [0.2, 0.25) is 0 Å². The van der Waals surface area contributed by atoms with Crippen LogP contribution in [0.3, 0.4) is 0 Å². The summed E-state index contributed by atoms with van der Waals surface area (Å²) >= 11 is 14.0. The maximum atomic E-state index is 11.3. The summed E-state index contributed by atoms with van der Waals surface area (Å²) in [6.45, 7) is 4.40. The van der Waals surface area contributed by atoms with Crippen molar-refractivity contribution in [3.63, 3.8) is 0 Å². The van der Waals surface area contributed by atoms with Gasteiger partial charge in [-0.3, -0.25) is 14.4 Å². The number of hydrogen-bond acceptors (Lipinski definition) is 6. The van der Waals surface area contributed by atoms with Gasteiger partial charge in [-0.15, -0.1) is 0 Å². The molecular weight excluding hydrogens is 683 g/mol. The number of nitrogens with zero attached hydrogens (tertiary/aromatic N) is 3. The van der Waals surface area contributed by atoms with Gasteiger partial charge in [0, 0.05) is 53.3 Å². The number of hydrogen-bond donors (Lipinski definition) is 3. The zero-order valence-corrected chi connectivity index (χ0v) is 30.3. The minimum Gasteiger partial charge on any atom is -0.496 e. The van der Waals surface area contributed by atoms with Crippen molar-refractivity contribution in [2.45, 2.75) is 57.8 Å². The van der Waals surface area contributed by atoms with Crippen LogP contribution < -0.4 is 10.1 Å². The lowest BCUT2D eigenvalue weighted by atomic mass is 9.82. The Kier molecular flexibility index (Phi) is 11.0. The highest BCUT2D eigenvalue weighted by molar-refractivity contribution is 6.36. The summed E-state index contributed by atoms with van der Waals surface area (Å²) in [5, 5.41) is 29.8. The number of fused-ring (bicyclic) bond motifs is 1. The molecule has 3 N–H and O–H groups in total. The fourth-order valence-electron chi connectivity index (χ4n) is 7.70.